The molecule has 1 amide bonds. The average molecular weight is 490 g/mol. The molecule has 7 heteroatoms. The molecule has 178 valence electrons. The first-order chi connectivity index (χ1) is 17.0. The van der Waals surface area contributed by atoms with Gasteiger partial charge in [0.15, 0.2) is 0 Å². The molecule has 4 aromatic rings. The lowest BCUT2D eigenvalue weighted by molar-refractivity contribution is -0.115. The summed E-state index contributed by atoms with van der Waals surface area (Å²) in [7, 11) is 1.65. The number of halogens is 2. The molecule has 0 atom stereocenters. The highest BCUT2D eigenvalue weighted by atomic mass is 35.5. The van der Waals surface area contributed by atoms with Crippen molar-refractivity contribution in [1.82, 2.24) is 4.98 Å². The first-order valence-electron chi connectivity index (χ1n) is 11.6. The minimum atomic E-state index is -0.495. The maximum Gasteiger partial charge on any atom is 0.228 e. The van der Waals surface area contributed by atoms with Crippen molar-refractivity contribution in [1.29, 1.82) is 0 Å². The third kappa shape index (κ3) is 4.80. The van der Waals surface area contributed by atoms with Gasteiger partial charge in [0.2, 0.25) is 5.91 Å². The van der Waals surface area contributed by atoms with Crippen molar-refractivity contribution in [2.24, 2.45) is 0 Å². The van der Waals surface area contributed by atoms with Crippen molar-refractivity contribution in [3.63, 3.8) is 0 Å². The van der Waals surface area contributed by atoms with Gasteiger partial charge in [-0.2, -0.15) is 0 Å². The lowest BCUT2D eigenvalue weighted by Gasteiger charge is -2.23. The van der Waals surface area contributed by atoms with Gasteiger partial charge in [0.1, 0.15) is 11.6 Å². The van der Waals surface area contributed by atoms with Gasteiger partial charge in [-0.15, -0.1) is 0 Å². The second kappa shape index (κ2) is 9.92. The molecule has 35 heavy (non-hydrogen) atoms. The number of methoxy groups -OCH3 is 1. The predicted molar refractivity (Wildman–Crippen MR) is 138 cm³/mol. The SMILES string of the molecule is COc1ccccc1Nc1c2c(nc3ccc(NC(=O)Cc4c(F)cccc4Cl)cc13)CCCC2. The number of benzene rings is 3. The summed E-state index contributed by atoms with van der Waals surface area (Å²) in [6.07, 6.45) is 3.93. The second-order valence-corrected chi connectivity index (χ2v) is 9.01. The van der Waals surface area contributed by atoms with E-state index in [0.29, 0.717) is 5.69 Å². The van der Waals surface area contributed by atoms with Gasteiger partial charge in [0.25, 0.3) is 0 Å². The fourth-order valence-corrected chi connectivity index (χ4v) is 4.82. The fraction of sp³-hybridized carbons (Fsp3) is 0.214. The molecule has 0 unspecified atom stereocenters. The number of aryl methyl sites for hydroxylation is 1. The number of aromatic nitrogens is 1. The molecule has 0 saturated heterocycles. The first-order valence-corrected chi connectivity index (χ1v) is 12.0. The molecule has 0 radical (unpaired) electrons. The third-order valence-corrected chi connectivity index (χ3v) is 6.67. The Hall–Kier alpha value is -3.64. The Morgan fingerprint density at radius 3 is 2.74 bits per heavy atom. The number of carbonyl (C=O) groups is 1. The van der Waals surface area contributed by atoms with Crippen molar-refractivity contribution >= 4 is 45.5 Å². The maximum absolute atomic E-state index is 14.1. The van der Waals surface area contributed by atoms with Crippen LogP contribution in [0.4, 0.5) is 21.5 Å². The Morgan fingerprint density at radius 2 is 1.91 bits per heavy atom. The number of rotatable bonds is 6. The summed E-state index contributed by atoms with van der Waals surface area (Å²) >= 11 is 6.10. The van der Waals surface area contributed by atoms with E-state index in [1.54, 1.807) is 13.2 Å². The third-order valence-electron chi connectivity index (χ3n) is 6.31. The van der Waals surface area contributed by atoms with Crippen LogP contribution in [-0.4, -0.2) is 18.0 Å². The standard InChI is InChI=1S/C28H25ClFN3O2/c1-35-26-12-5-4-11-25(26)33-28-18-7-2-3-10-23(18)32-24-14-13-17(15-20(24)28)31-27(34)16-19-21(29)8-6-9-22(19)30/h4-6,8-9,11-15H,2-3,7,10,16H2,1H3,(H,31,34)(H,32,33). The number of fused-ring (bicyclic) bond motifs is 2. The Morgan fingerprint density at radius 1 is 1.09 bits per heavy atom. The van der Waals surface area contributed by atoms with Gasteiger partial charge in [0, 0.05) is 27.4 Å². The molecular weight excluding hydrogens is 465 g/mol. The number of nitrogens with zero attached hydrogens (tertiary/aromatic N) is 1. The number of hydrogen-bond acceptors (Lipinski definition) is 4. The number of para-hydroxylation sites is 2. The van der Waals surface area contributed by atoms with E-state index in [2.05, 4.69) is 10.6 Å². The Balaban J connectivity index is 1.52. The molecule has 0 spiro atoms. The van der Waals surface area contributed by atoms with Crippen LogP contribution in [0.2, 0.25) is 5.02 Å². The minimum absolute atomic E-state index is 0.154. The van der Waals surface area contributed by atoms with E-state index in [0.717, 1.165) is 59.4 Å². The minimum Gasteiger partial charge on any atom is -0.495 e. The van der Waals surface area contributed by atoms with Crippen LogP contribution in [0.25, 0.3) is 10.9 Å². The van der Waals surface area contributed by atoms with E-state index in [4.69, 9.17) is 21.3 Å². The lowest BCUT2D eigenvalue weighted by Crippen LogP contribution is -2.16. The van der Waals surface area contributed by atoms with E-state index in [1.165, 1.54) is 17.7 Å². The van der Waals surface area contributed by atoms with Gasteiger partial charge in [-0.25, -0.2) is 4.39 Å². The van der Waals surface area contributed by atoms with Crippen molar-refractivity contribution in [2.75, 3.05) is 17.7 Å². The highest BCUT2D eigenvalue weighted by molar-refractivity contribution is 6.31. The van der Waals surface area contributed by atoms with Crippen LogP contribution in [0.5, 0.6) is 5.75 Å². The van der Waals surface area contributed by atoms with E-state index < -0.39 is 5.82 Å². The number of hydrogen-bond donors (Lipinski definition) is 2. The van der Waals surface area contributed by atoms with E-state index >= 15 is 0 Å². The van der Waals surface area contributed by atoms with Gasteiger partial charge in [-0.3, -0.25) is 9.78 Å². The summed E-state index contributed by atoms with van der Waals surface area (Å²) in [5.41, 5.74) is 5.76. The summed E-state index contributed by atoms with van der Waals surface area (Å²) in [4.78, 5) is 17.7. The number of pyridine rings is 1. The average Bonchev–Trinajstić information content (AvgIpc) is 2.87. The number of amides is 1. The molecule has 5 nitrogen and oxygen atoms in total. The van der Waals surface area contributed by atoms with Crippen LogP contribution >= 0.6 is 11.6 Å². The Kier molecular flexibility index (Phi) is 6.55. The number of anilines is 3. The normalized spacial score (nSPS) is 12.8. The van der Waals surface area contributed by atoms with E-state index in [-0.39, 0.29) is 22.9 Å². The summed E-state index contributed by atoms with van der Waals surface area (Å²) in [5.74, 6) is -0.0972. The highest BCUT2D eigenvalue weighted by Gasteiger charge is 2.20. The van der Waals surface area contributed by atoms with E-state index in [1.807, 2.05) is 42.5 Å². The first kappa shape index (κ1) is 23.1. The van der Waals surface area contributed by atoms with Crippen LogP contribution in [0.15, 0.2) is 60.7 Å². The maximum atomic E-state index is 14.1. The molecule has 0 fully saturated rings. The van der Waals surface area contributed by atoms with Crippen LogP contribution in [0.3, 0.4) is 0 Å². The van der Waals surface area contributed by atoms with E-state index in [9.17, 15) is 9.18 Å². The molecule has 2 N–H and O–H groups in total. The van der Waals surface area contributed by atoms with Crippen LogP contribution < -0.4 is 15.4 Å². The quantitative estimate of drug-likeness (QED) is 0.311. The number of ether oxygens (including phenoxy) is 1. The molecule has 0 saturated carbocycles. The summed E-state index contributed by atoms with van der Waals surface area (Å²) < 4.78 is 19.7. The molecule has 3 aromatic carbocycles. The molecule has 1 aromatic heterocycles. The lowest BCUT2D eigenvalue weighted by atomic mass is 9.92. The van der Waals surface area contributed by atoms with Crippen molar-refractivity contribution in [3.8, 4) is 5.75 Å². The summed E-state index contributed by atoms with van der Waals surface area (Å²) in [6, 6.07) is 17.8. The second-order valence-electron chi connectivity index (χ2n) is 8.60. The molecule has 1 heterocycles. The number of carbonyl (C=O) groups excluding carboxylic acids is 1. The zero-order valence-corrected chi connectivity index (χ0v) is 20.1. The molecule has 0 aliphatic heterocycles. The van der Waals surface area contributed by atoms with Crippen LogP contribution in [-0.2, 0) is 24.1 Å². The monoisotopic (exact) mass is 489 g/mol. The highest BCUT2D eigenvalue weighted by Crippen LogP contribution is 2.38. The predicted octanol–water partition coefficient (Wildman–Crippen LogP) is 6.84. The Labute approximate surface area is 208 Å². The molecule has 0 bridgehead atoms. The Bertz CT molecular complexity index is 1400. The topological polar surface area (TPSA) is 63.2 Å². The zero-order valence-electron chi connectivity index (χ0n) is 19.3. The van der Waals surface area contributed by atoms with Gasteiger partial charge in [0.05, 0.1) is 30.4 Å². The fourth-order valence-electron chi connectivity index (χ4n) is 4.59. The largest absolute Gasteiger partial charge is 0.495 e. The van der Waals surface area contributed by atoms with Crippen molar-refractivity contribution in [2.45, 2.75) is 32.1 Å². The van der Waals surface area contributed by atoms with Gasteiger partial charge < -0.3 is 15.4 Å². The van der Waals surface area contributed by atoms with Gasteiger partial charge in [-0.1, -0.05) is 29.8 Å². The van der Waals surface area contributed by atoms with Gasteiger partial charge >= 0.3 is 0 Å². The smallest absolute Gasteiger partial charge is 0.228 e. The van der Waals surface area contributed by atoms with Crippen molar-refractivity contribution < 1.29 is 13.9 Å². The summed E-state index contributed by atoms with van der Waals surface area (Å²) in [5, 5.41) is 7.61. The molecular formula is C28H25ClFN3O2. The number of nitrogens with one attached hydrogen (secondary N) is 2. The van der Waals surface area contributed by atoms with Crippen LogP contribution in [0.1, 0.15) is 29.7 Å². The van der Waals surface area contributed by atoms with Crippen LogP contribution in [0, 0.1) is 5.82 Å². The summed E-state index contributed by atoms with van der Waals surface area (Å²) in [6.45, 7) is 0. The molecule has 5 rings (SSSR count). The van der Waals surface area contributed by atoms with Gasteiger partial charge in [-0.05, 0) is 73.7 Å². The molecule has 1 aliphatic carbocycles. The zero-order chi connectivity index (χ0) is 24.4. The van der Waals surface area contributed by atoms with Crippen molar-refractivity contribution in [3.05, 3.63) is 88.3 Å². The molecule has 1 aliphatic rings.